The van der Waals surface area contributed by atoms with Crippen LogP contribution in [0.4, 0.5) is 0 Å². The van der Waals surface area contributed by atoms with Crippen LogP contribution in [-0.4, -0.2) is 20.8 Å². The van der Waals surface area contributed by atoms with Gasteiger partial charge in [0.2, 0.25) is 0 Å². The van der Waals surface area contributed by atoms with Crippen molar-refractivity contribution in [3.8, 4) is 11.4 Å². The highest BCUT2D eigenvalue weighted by molar-refractivity contribution is 7.90. The molecule has 0 aliphatic carbocycles. The van der Waals surface area contributed by atoms with Crippen molar-refractivity contribution in [1.29, 1.82) is 0 Å². The second-order valence-corrected chi connectivity index (χ2v) is 4.24. The van der Waals surface area contributed by atoms with E-state index in [-0.39, 0.29) is 0 Å². The van der Waals surface area contributed by atoms with E-state index < -0.39 is 11.2 Å². The van der Waals surface area contributed by atoms with Crippen LogP contribution in [0.1, 0.15) is 0 Å². The zero-order chi connectivity index (χ0) is 9.97. The molecule has 14 heavy (non-hydrogen) atoms. The lowest BCUT2D eigenvalue weighted by molar-refractivity contribution is 0.601. The van der Waals surface area contributed by atoms with Crippen LogP contribution >= 0.6 is 0 Å². The first-order valence-electron chi connectivity index (χ1n) is 4.21. The van der Waals surface area contributed by atoms with E-state index in [0.29, 0.717) is 0 Å². The molecule has 1 heterocycles. The highest BCUT2D eigenvalue weighted by Gasteiger charge is 2.13. The standard InChI is InChI=1S/C10H10N2OS/c1-14(13)9-5-3-2-4-8(9)10-11-6-7-12-10/h2-7H,1H3,(H,11,12). The van der Waals surface area contributed by atoms with Gasteiger partial charge >= 0.3 is 0 Å². The SMILES string of the molecule is C[S+]([O-])c1ccccc1-c1ncc[nH]1. The van der Waals surface area contributed by atoms with Gasteiger partial charge < -0.3 is 9.54 Å². The molecular formula is C10H10N2OS. The van der Waals surface area contributed by atoms with Crippen LogP contribution in [0.15, 0.2) is 41.6 Å². The minimum atomic E-state index is -0.985. The monoisotopic (exact) mass is 206 g/mol. The summed E-state index contributed by atoms with van der Waals surface area (Å²) in [5.74, 6) is 0.760. The average Bonchev–Trinajstić information content (AvgIpc) is 2.70. The molecule has 3 nitrogen and oxygen atoms in total. The summed E-state index contributed by atoms with van der Waals surface area (Å²) >= 11 is -0.985. The number of nitrogens with one attached hydrogen (secondary N) is 1. The Balaban J connectivity index is 2.53. The predicted molar refractivity (Wildman–Crippen MR) is 56.4 cm³/mol. The number of aromatic nitrogens is 2. The Kier molecular flexibility index (Phi) is 2.56. The molecule has 0 fully saturated rings. The highest BCUT2D eigenvalue weighted by Crippen LogP contribution is 2.23. The average molecular weight is 206 g/mol. The zero-order valence-electron chi connectivity index (χ0n) is 7.73. The predicted octanol–water partition coefficient (Wildman–Crippen LogP) is 1.81. The summed E-state index contributed by atoms with van der Waals surface area (Å²) in [6.45, 7) is 0. The van der Waals surface area contributed by atoms with Crippen molar-refractivity contribution in [1.82, 2.24) is 9.97 Å². The van der Waals surface area contributed by atoms with E-state index in [4.69, 9.17) is 0 Å². The molecule has 72 valence electrons. The maximum absolute atomic E-state index is 11.4. The molecule has 0 aliphatic rings. The second-order valence-electron chi connectivity index (χ2n) is 2.89. The molecule has 0 aliphatic heterocycles. The summed E-state index contributed by atoms with van der Waals surface area (Å²) in [4.78, 5) is 7.95. The molecule has 1 unspecified atom stereocenters. The normalized spacial score (nSPS) is 12.7. The molecule has 1 atom stereocenters. The number of hydrogen-bond donors (Lipinski definition) is 1. The Bertz CT molecular complexity index is 412. The third-order valence-electron chi connectivity index (χ3n) is 1.95. The first kappa shape index (κ1) is 9.30. The Morgan fingerprint density at radius 1 is 1.36 bits per heavy atom. The Morgan fingerprint density at radius 2 is 2.14 bits per heavy atom. The number of benzene rings is 1. The van der Waals surface area contributed by atoms with Gasteiger partial charge in [0.1, 0.15) is 12.1 Å². The summed E-state index contributed by atoms with van der Waals surface area (Å²) in [6, 6.07) is 7.56. The molecule has 1 aromatic heterocycles. The van der Waals surface area contributed by atoms with Crippen LogP contribution < -0.4 is 0 Å². The number of imidazole rings is 1. The van der Waals surface area contributed by atoms with E-state index >= 15 is 0 Å². The van der Waals surface area contributed by atoms with E-state index in [2.05, 4.69) is 9.97 Å². The topological polar surface area (TPSA) is 51.7 Å². The quantitative estimate of drug-likeness (QED) is 0.762. The minimum Gasteiger partial charge on any atom is -0.612 e. The van der Waals surface area contributed by atoms with Crippen molar-refractivity contribution in [2.24, 2.45) is 0 Å². The fourth-order valence-corrected chi connectivity index (χ4v) is 2.07. The number of hydrogen-bond acceptors (Lipinski definition) is 2. The second kappa shape index (κ2) is 3.86. The van der Waals surface area contributed by atoms with Crippen LogP contribution in [0.5, 0.6) is 0 Å². The largest absolute Gasteiger partial charge is 0.612 e. The summed E-state index contributed by atoms with van der Waals surface area (Å²) in [6.07, 6.45) is 5.11. The summed E-state index contributed by atoms with van der Waals surface area (Å²) in [5, 5.41) is 0. The van der Waals surface area contributed by atoms with Gasteiger partial charge in [-0.2, -0.15) is 0 Å². The maximum atomic E-state index is 11.4. The lowest BCUT2D eigenvalue weighted by Crippen LogP contribution is -2.00. The first-order chi connectivity index (χ1) is 6.79. The van der Waals surface area contributed by atoms with Crippen LogP contribution in [0, 0.1) is 0 Å². The smallest absolute Gasteiger partial charge is 0.163 e. The molecule has 1 N–H and O–H groups in total. The van der Waals surface area contributed by atoms with E-state index in [1.165, 1.54) is 0 Å². The lowest BCUT2D eigenvalue weighted by atomic mass is 10.2. The molecule has 1 aromatic carbocycles. The van der Waals surface area contributed by atoms with E-state index in [1.807, 2.05) is 24.3 Å². The Morgan fingerprint density at radius 3 is 2.79 bits per heavy atom. The van der Waals surface area contributed by atoms with Gasteiger partial charge in [-0.25, -0.2) is 4.98 Å². The molecule has 0 spiro atoms. The van der Waals surface area contributed by atoms with Gasteiger partial charge in [-0.1, -0.05) is 12.1 Å². The van der Waals surface area contributed by atoms with Crippen LogP contribution in [0.2, 0.25) is 0 Å². The Hall–Kier alpha value is -1.26. The zero-order valence-corrected chi connectivity index (χ0v) is 8.54. The molecule has 0 amide bonds. The number of nitrogens with zero attached hydrogens (tertiary/aromatic N) is 1. The van der Waals surface area contributed by atoms with Crippen molar-refractivity contribution >= 4 is 11.2 Å². The van der Waals surface area contributed by atoms with Gasteiger partial charge in [-0.05, 0) is 23.3 Å². The van der Waals surface area contributed by atoms with Gasteiger partial charge in [0.05, 0.1) is 5.56 Å². The maximum Gasteiger partial charge on any atom is 0.163 e. The van der Waals surface area contributed by atoms with Gasteiger partial charge in [-0.15, -0.1) is 0 Å². The van der Waals surface area contributed by atoms with Gasteiger partial charge in [0, 0.05) is 12.4 Å². The molecule has 4 heteroatoms. The van der Waals surface area contributed by atoms with Crippen LogP contribution in [0.3, 0.4) is 0 Å². The molecule has 2 aromatic rings. The number of H-pyrrole nitrogens is 1. The van der Waals surface area contributed by atoms with E-state index in [1.54, 1.807) is 18.6 Å². The number of rotatable bonds is 2. The third kappa shape index (κ3) is 1.66. The van der Waals surface area contributed by atoms with Crippen molar-refractivity contribution in [2.45, 2.75) is 4.90 Å². The fraction of sp³-hybridized carbons (Fsp3) is 0.100. The number of aromatic amines is 1. The van der Waals surface area contributed by atoms with Gasteiger partial charge in [0.15, 0.2) is 4.90 Å². The summed E-state index contributed by atoms with van der Waals surface area (Å²) in [7, 11) is 0. The molecule has 0 bridgehead atoms. The highest BCUT2D eigenvalue weighted by atomic mass is 32.2. The van der Waals surface area contributed by atoms with Crippen molar-refractivity contribution in [3.05, 3.63) is 36.7 Å². The molecule has 0 radical (unpaired) electrons. The van der Waals surface area contributed by atoms with Crippen molar-refractivity contribution in [2.75, 3.05) is 6.26 Å². The van der Waals surface area contributed by atoms with Crippen molar-refractivity contribution < 1.29 is 4.55 Å². The van der Waals surface area contributed by atoms with Gasteiger partial charge in [-0.3, -0.25) is 0 Å². The van der Waals surface area contributed by atoms with Crippen LogP contribution in [-0.2, 0) is 11.2 Å². The van der Waals surface area contributed by atoms with Crippen molar-refractivity contribution in [3.63, 3.8) is 0 Å². The molecule has 2 rings (SSSR count). The van der Waals surface area contributed by atoms with E-state index in [0.717, 1.165) is 16.3 Å². The summed E-state index contributed by atoms with van der Waals surface area (Å²) < 4.78 is 11.4. The van der Waals surface area contributed by atoms with Crippen LogP contribution in [0.25, 0.3) is 11.4 Å². The molecule has 0 saturated carbocycles. The van der Waals surface area contributed by atoms with Gasteiger partial charge in [0.25, 0.3) is 0 Å². The third-order valence-corrected chi connectivity index (χ3v) is 2.93. The Labute approximate surface area is 85.4 Å². The summed E-state index contributed by atoms with van der Waals surface area (Å²) in [5.41, 5.74) is 0.901. The molecule has 0 saturated heterocycles. The van der Waals surface area contributed by atoms with E-state index in [9.17, 15) is 4.55 Å². The fourth-order valence-electron chi connectivity index (χ4n) is 1.33. The first-order valence-corrected chi connectivity index (χ1v) is 5.77. The minimum absolute atomic E-state index is 0.760. The molecular weight excluding hydrogens is 196 g/mol. The lowest BCUT2D eigenvalue weighted by Gasteiger charge is -2.07.